The van der Waals surface area contributed by atoms with Crippen molar-refractivity contribution in [3.05, 3.63) is 27.9 Å². The third kappa shape index (κ3) is 4.16. The van der Waals surface area contributed by atoms with Crippen molar-refractivity contribution in [1.82, 2.24) is 9.88 Å². The molecule has 0 aliphatic rings. The van der Waals surface area contributed by atoms with Crippen molar-refractivity contribution >= 4 is 27.2 Å². The normalized spacial score (nSPS) is 11.1. The number of rotatable bonds is 5. The molecule has 10 heteroatoms. The number of carbonyl (C=O) groups excluding carboxylic acids is 1. The fraction of sp³-hybridized carbons (Fsp3) is 0.400. The minimum absolute atomic E-state index is 0.0320. The Morgan fingerprint density at radius 1 is 1.55 bits per heavy atom. The summed E-state index contributed by atoms with van der Waals surface area (Å²) < 4.78 is 22.1. The first-order chi connectivity index (χ1) is 9.11. The molecule has 0 aromatic carbocycles. The van der Waals surface area contributed by atoms with Gasteiger partial charge < -0.3 is 10.6 Å². The molecule has 0 bridgehead atoms. The highest BCUT2D eigenvalue weighted by Crippen LogP contribution is 2.20. The number of aromatic nitrogens is 1. The molecule has 0 spiro atoms. The Hall–Kier alpha value is -2.23. The predicted octanol–water partition coefficient (Wildman–Crippen LogP) is -0.311. The summed E-state index contributed by atoms with van der Waals surface area (Å²) in [6.45, 7) is -0.0724. The molecule has 1 aromatic heterocycles. The molecule has 0 saturated heterocycles. The van der Waals surface area contributed by atoms with Gasteiger partial charge in [-0.1, -0.05) is 0 Å². The van der Waals surface area contributed by atoms with E-state index >= 15 is 0 Å². The van der Waals surface area contributed by atoms with Crippen molar-refractivity contribution < 1.29 is 18.1 Å². The number of hydrogen-bond donors (Lipinski definition) is 1. The Bertz CT molecular complexity index is 643. The van der Waals surface area contributed by atoms with Crippen LogP contribution in [-0.4, -0.2) is 54.7 Å². The molecule has 0 aliphatic heterocycles. The number of pyridine rings is 1. The second-order valence-electron chi connectivity index (χ2n) is 4.24. The van der Waals surface area contributed by atoms with Crippen molar-refractivity contribution in [1.29, 1.82) is 0 Å². The maximum absolute atomic E-state index is 12.1. The highest BCUT2D eigenvalue weighted by Gasteiger charge is 2.24. The lowest BCUT2D eigenvalue weighted by Gasteiger charge is -2.16. The van der Waals surface area contributed by atoms with E-state index in [2.05, 4.69) is 4.98 Å². The molecule has 110 valence electrons. The summed E-state index contributed by atoms with van der Waals surface area (Å²) in [7, 11) is -1.88. The molecule has 0 unspecified atom stereocenters. The fourth-order valence-corrected chi connectivity index (χ4v) is 2.00. The zero-order chi connectivity index (χ0) is 15.5. The van der Waals surface area contributed by atoms with Crippen molar-refractivity contribution in [2.75, 3.05) is 31.3 Å². The van der Waals surface area contributed by atoms with Gasteiger partial charge >= 0.3 is 0 Å². The molecule has 1 heterocycles. The lowest BCUT2D eigenvalue weighted by atomic mass is 10.2. The fourth-order valence-electron chi connectivity index (χ4n) is 1.39. The summed E-state index contributed by atoms with van der Waals surface area (Å²) in [6, 6.07) is 1.09. The van der Waals surface area contributed by atoms with E-state index < -0.39 is 26.4 Å². The maximum Gasteiger partial charge on any atom is 0.300 e. The van der Waals surface area contributed by atoms with Gasteiger partial charge in [0.15, 0.2) is 0 Å². The van der Waals surface area contributed by atoms with Crippen LogP contribution in [0.1, 0.15) is 10.4 Å². The smallest absolute Gasteiger partial charge is 0.300 e. The Balaban J connectivity index is 3.02. The molecule has 0 fully saturated rings. The largest absolute Gasteiger partial charge is 0.384 e. The van der Waals surface area contributed by atoms with E-state index in [-0.39, 0.29) is 23.7 Å². The Morgan fingerprint density at radius 2 is 2.15 bits per heavy atom. The van der Waals surface area contributed by atoms with Crippen LogP contribution in [-0.2, 0) is 9.84 Å². The minimum atomic E-state index is -3.23. The van der Waals surface area contributed by atoms with Crippen molar-refractivity contribution in [2.45, 2.75) is 0 Å². The third-order valence-corrected chi connectivity index (χ3v) is 3.40. The van der Waals surface area contributed by atoms with Gasteiger partial charge in [0.1, 0.15) is 27.4 Å². The lowest BCUT2D eigenvalue weighted by molar-refractivity contribution is -0.385. The topological polar surface area (TPSA) is 136 Å². The van der Waals surface area contributed by atoms with Crippen LogP contribution in [0.5, 0.6) is 0 Å². The zero-order valence-electron chi connectivity index (χ0n) is 10.9. The molecule has 20 heavy (non-hydrogen) atoms. The predicted molar refractivity (Wildman–Crippen MR) is 72.0 cm³/mol. The molecule has 0 aliphatic carbocycles. The van der Waals surface area contributed by atoms with Crippen LogP contribution >= 0.6 is 0 Å². The van der Waals surface area contributed by atoms with Gasteiger partial charge in [-0.25, -0.2) is 13.4 Å². The van der Waals surface area contributed by atoms with Gasteiger partial charge in [0.2, 0.25) is 0 Å². The van der Waals surface area contributed by atoms with Crippen LogP contribution in [0.15, 0.2) is 12.3 Å². The van der Waals surface area contributed by atoms with E-state index in [1.54, 1.807) is 0 Å². The molecule has 0 saturated carbocycles. The summed E-state index contributed by atoms with van der Waals surface area (Å²) in [4.78, 5) is 26.8. The Labute approximate surface area is 115 Å². The van der Waals surface area contributed by atoms with E-state index in [1.165, 1.54) is 7.05 Å². The van der Waals surface area contributed by atoms with Crippen molar-refractivity contribution in [2.24, 2.45) is 0 Å². The lowest BCUT2D eigenvalue weighted by Crippen LogP contribution is -2.32. The minimum Gasteiger partial charge on any atom is -0.384 e. The number of amides is 1. The van der Waals surface area contributed by atoms with Gasteiger partial charge in [0.25, 0.3) is 11.6 Å². The molecule has 1 amide bonds. The van der Waals surface area contributed by atoms with E-state index in [4.69, 9.17) is 5.73 Å². The van der Waals surface area contributed by atoms with Gasteiger partial charge in [-0.05, 0) is 6.07 Å². The highest BCUT2D eigenvalue weighted by atomic mass is 32.2. The van der Waals surface area contributed by atoms with Gasteiger partial charge in [0.05, 0.1) is 10.7 Å². The third-order valence-electron chi connectivity index (χ3n) is 2.48. The molecule has 9 nitrogen and oxygen atoms in total. The summed E-state index contributed by atoms with van der Waals surface area (Å²) in [5, 5.41) is 10.8. The van der Waals surface area contributed by atoms with E-state index in [0.717, 1.165) is 23.4 Å². The summed E-state index contributed by atoms with van der Waals surface area (Å²) in [5.41, 5.74) is 4.71. The van der Waals surface area contributed by atoms with E-state index in [9.17, 15) is 23.3 Å². The molecule has 2 N–H and O–H groups in total. The van der Waals surface area contributed by atoms with Gasteiger partial charge in [0, 0.05) is 19.8 Å². The number of anilines is 1. The second-order valence-corrected chi connectivity index (χ2v) is 6.50. The average Bonchev–Trinajstić information content (AvgIpc) is 2.33. The van der Waals surface area contributed by atoms with Crippen molar-refractivity contribution in [3.8, 4) is 0 Å². The SMILES string of the molecule is CN(CCS(C)(=O)=O)C(=O)c1cc(N)ncc1[N+](=O)[O-]. The van der Waals surface area contributed by atoms with Crippen LogP contribution < -0.4 is 5.73 Å². The maximum atomic E-state index is 12.1. The molecular weight excluding hydrogens is 288 g/mol. The first-order valence-electron chi connectivity index (χ1n) is 5.45. The number of nitrogen functional groups attached to an aromatic ring is 1. The van der Waals surface area contributed by atoms with Crippen LogP contribution in [0, 0.1) is 10.1 Å². The summed E-state index contributed by atoms with van der Waals surface area (Å²) in [6.07, 6.45) is 1.94. The number of carbonyl (C=O) groups is 1. The number of sulfone groups is 1. The van der Waals surface area contributed by atoms with E-state index in [0.29, 0.717) is 0 Å². The molecule has 0 atom stereocenters. The van der Waals surface area contributed by atoms with Gasteiger partial charge in [-0.2, -0.15) is 0 Å². The van der Waals surface area contributed by atoms with Crippen molar-refractivity contribution in [3.63, 3.8) is 0 Å². The Morgan fingerprint density at radius 3 is 2.65 bits per heavy atom. The standard InChI is InChI=1S/C10H14N4O5S/c1-13(3-4-20(2,18)19)10(15)7-5-9(11)12-6-8(7)14(16)17/h5-6H,3-4H2,1-2H3,(H2,11,12). The zero-order valence-corrected chi connectivity index (χ0v) is 11.8. The second kappa shape index (κ2) is 5.82. The Kier molecular flexibility index (Phi) is 4.61. The summed E-state index contributed by atoms with van der Waals surface area (Å²) in [5.74, 6) is -0.950. The first kappa shape index (κ1) is 15.8. The number of hydrogen-bond acceptors (Lipinski definition) is 7. The van der Waals surface area contributed by atoms with Crippen LogP contribution in [0.4, 0.5) is 11.5 Å². The van der Waals surface area contributed by atoms with Crippen LogP contribution in [0.25, 0.3) is 0 Å². The van der Waals surface area contributed by atoms with Gasteiger partial charge in [-0.3, -0.25) is 14.9 Å². The van der Waals surface area contributed by atoms with E-state index in [1.807, 2.05) is 0 Å². The highest BCUT2D eigenvalue weighted by molar-refractivity contribution is 7.90. The monoisotopic (exact) mass is 302 g/mol. The number of nitro groups is 1. The average molecular weight is 302 g/mol. The quantitative estimate of drug-likeness (QED) is 0.581. The number of nitrogens with two attached hydrogens (primary N) is 1. The van der Waals surface area contributed by atoms with Crippen LogP contribution in [0.2, 0.25) is 0 Å². The summed E-state index contributed by atoms with van der Waals surface area (Å²) >= 11 is 0. The molecule has 1 rings (SSSR count). The molecule has 0 radical (unpaired) electrons. The van der Waals surface area contributed by atoms with Gasteiger partial charge in [-0.15, -0.1) is 0 Å². The first-order valence-corrected chi connectivity index (χ1v) is 7.51. The molecular formula is C10H14N4O5S. The molecule has 1 aromatic rings. The number of nitrogens with zero attached hydrogens (tertiary/aromatic N) is 3. The van der Waals surface area contributed by atoms with Crippen LogP contribution in [0.3, 0.4) is 0 Å².